The molecule has 0 bridgehead atoms. The van der Waals surface area contributed by atoms with Crippen LogP contribution in [0.15, 0.2) is 48.8 Å². The number of pyridine rings is 1. The molecule has 4 nitrogen and oxygen atoms in total. The molecule has 1 aromatic carbocycles. The molecule has 0 radical (unpaired) electrons. The highest BCUT2D eigenvalue weighted by molar-refractivity contribution is 6.08. The predicted octanol–water partition coefficient (Wildman–Crippen LogP) is 2.42. The Morgan fingerprint density at radius 1 is 1.10 bits per heavy atom. The van der Waals surface area contributed by atoms with E-state index in [1.54, 1.807) is 37.5 Å². The van der Waals surface area contributed by atoms with Crippen LogP contribution >= 0.6 is 0 Å². The Hall–Kier alpha value is -2.62. The number of carbonyl (C=O) groups excluding carboxylic acids is 1. The van der Waals surface area contributed by atoms with Gasteiger partial charge in [-0.3, -0.25) is 4.79 Å². The van der Waals surface area contributed by atoms with Crippen LogP contribution < -0.4 is 14.0 Å². The van der Waals surface area contributed by atoms with Gasteiger partial charge in [0.1, 0.15) is 18.5 Å². The monoisotopic (exact) mass is 284 g/mol. The van der Waals surface area contributed by atoms with Gasteiger partial charge in [-0.25, -0.2) is 4.57 Å². The van der Waals surface area contributed by atoms with Crippen molar-refractivity contribution in [2.24, 2.45) is 7.05 Å². The van der Waals surface area contributed by atoms with Crippen molar-refractivity contribution in [1.82, 2.24) is 0 Å². The number of aryl methyl sites for hydroxylation is 1. The SMILES string of the molecule is COc1ccc(C(=O)/C=C/c2cc[n+](C)cc2)c(OC)c1. The normalized spacial score (nSPS) is 10.6. The van der Waals surface area contributed by atoms with Crippen molar-refractivity contribution in [2.45, 2.75) is 0 Å². The van der Waals surface area contributed by atoms with Crippen LogP contribution in [0.1, 0.15) is 15.9 Å². The van der Waals surface area contributed by atoms with Crippen LogP contribution in [0.25, 0.3) is 6.08 Å². The quantitative estimate of drug-likeness (QED) is 0.481. The Morgan fingerprint density at radius 2 is 1.81 bits per heavy atom. The summed E-state index contributed by atoms with van der Waals surface area (Å²) >= 11 is 0. The lowest BCUT2D eigenvalue weighted by Crippen LogP contribution is -2.25. The van der Waals surface area contributed by atoms with Gasteiger partial charge in [0, 0.05) is 18.2 Å². The fraction of sp³-hybridized carbons (Fsp3) is 0.176. The largest absolute Gasteiger partial charge is 0.497 e. The number of rotatable bonds is 5. The number of hydrogen-bond acceptors (Lipinski definition) is 3. The van der Waals surface area contributed by atoms with E-state index in [-0.39, 0.29) is 5.78 Å². The van der Waals surface area contributed by atoms with Gasteiger partial charge >= 0.3 is 0 Å². The molecule has 0 amide bonds. The van der Waals surface area contributed by atoms with Gasteiger partial charge in [-0.1, -0.05) is 6.08 Å². The maximum absolute atomic E-state index is 12.3. The number of allylic oxidation sites excluding steroid dienone is 1. The van der Waals surface area contributed by atoms with Gasteiger partial charge in [0.15, 0.2) is 18.2 Å². The Bertz CT molecular complexity index is 660. The number of nitrogens with zero attached hydrogens (tertiary/aromatic N) is 1. The van der Waals surface area contributed by atoms with E-state index in [4.69, 9.17) is 9.47 Å². The summed E-state index contributed by atoms with van der Waals surface area (Å²) in [6.07, 6.45) is 7.18. The van der Waals surface area contributed by atoms with E-state index in [1.165, 1.54) is 7.11 Å². The summed E-state index contributed by atoms with van der Waals surface area (Å²) in [5.41, 5.74) is 1.48. The average molecular weight is 284 g/mol. The van der Waals surface area contributed by atoms with Crippen LogP contribution in [0.2, 0.25) is 0 Å². The number of carbonyl (C=O) groups is 1. The minimum Gasteiger partial charge on any atom is -0.497 e. The smallest absolute Gasteiger partial charge is 0.189 e. The third kappa shape index (κ3) is 3.69. The molecule has 0 atom stereocenters. The van der Waals surface area contributed by atoms with E-state index in [1.807, 2.05) is 36.1 Å². The molecule has 0 unspecified atom stereocenters. The summed E-state index contributed by atoms with van der Waals surface area (Å²) in [4.78, 5) is 12.3. The maximum atomic E-state index is 12.3. The Balaban J connectivity index is 2.22. The maximum Gasteiger partial charge on any atom is 0.189 e. The number of benzene rings is 1. The Labute approximate surface area is 124 Å². The van der Waals surface area contributed by atoms with E-state index in [0.29, 0.717) is 17.1 Å². The lowest BCUT2D eigenvalue weighted by atomic mass is 10.1. The van der Waals surface area contributed by atoms with Crippen molar-refractivity contribution in [2.75, 3.05) is 14.2 Å². The minimum atomic E-state index is -0.109. The molecule has 0 saturated carbocycles. The van der Waals surface area contributed by atoms with E-state index in [2.05, 4.69) is 0 Å². The van der Waals surface area contributed by atoms with Crippen LogP contribution in [0.3, 0.4) is 0 Å². The molecule has 1 aromatic heterocycles. The minimum absolute atomic E-state index is 0.109. The lowest BCUT2D eigenvalue weighted by molar-refractivity contribution is -0.671. The Kier molecular flexibility index (Phi) is 4.72. The van der Waals surface area contributed by atoms with Crippen molar-refractivity contribution in [3.63, 3.8) is 0 Å². The third-order valence-corrected chi connectivity index (χ3v) is 3.11. The molecule has 0 aliphatic carbocycles. The highest BCUT2D eigenvalue weighted by Gasteiger charge is 2.10. The van der Waals surface area contributed by atoms with Crippen LogP contribution in [-0.2, 0) is 7.05 Å². The summed E-state index contributed by atoms with van der Waals surface area (Å²) in [5, 5.41) is 0. The summed E-state index contributed by atoms with van der Waals surface area (Å²) in [6, 6.07) is 9.02. The molecule has 0 fully saturated rings. The number of hydrogen-bond donors (Lipinski definition) is 0. The second kappa shape index (κ2) is 6.70. The fourth-order valence-electron chi connectivity index (χ4n) is 1.89. The van der Waals surface area contributed by atoms with E-state index in [9.17, 15) is 4.79 Å². The molecule has 0 aliphatic heterocycles. The Morgan fingerprint density at radius 3 is 2.43 bits per heavy atom. The highest BCUT2D eigenvalue weighted by Crippen LogP contribution is 2.25. The summed E-state index contributed by atoms with van der Waals surface area (Å²) in [6.45, 7) is 0. The third-order valence-electron chi connectivity index (χ3n) is 3.11. The van der Waals surface area contributed by atoms with Crippen molar-refractivity contribution in [1.29, 1.82) is 0 Å². The topological polar surface area (TPSA) is 39.4 Å². The zero-order valence-corrected chi connectivity index (χ0v) is 12.4. The zero-order chi connectivity index (χ0) is 15.2. The first-order valence-corrected chi connectivity index (χ1v) is 6.54. The van der Waals surface area contributed by atoms with Gasteiger partial charge in [-0.2, -0.15) is 0 Å². The summed E-state index contributed by atoms with van der Waals surface area (Å²) in [7, 11) is 5.05. The molecule has 1 heterocycles. The van der Waals surface area contributed by atoms with E-state index in [0.717, 1.165) is 5.56 Å². The first kappa shape index (κ1) is 14.8. The second-order valence-corrected chi connectivity index (χ2v) is 4.56. The molecule has 2 rings (SSSR count). The molecule has 0 spiro atoms. The molecule has 0 saturated heterocycles. The van der Waals surface area contributed by atoms with Gasteiger partial charge in [-0.15, -0.1) is 0 Å². The molecule has 0 aliphatic rings. The van der Waals surface area contributed by atoms with Gasteiger partial charge in [0.05, 0.1) is 19.8 Å². The van der Waals surface area contributed by atoms with Gasteiger partial charge in [0.2, 0.25) is 0 Å². The van der Waals surface area contributed by atoms with Crippen molar-refractivity contribution < 1.29 is 18.8 Å². The van der Waals surface area contributed by atoms with Crippen molar-refractivity contribution in [3.8, 4) is 11.5 Å². The van der Waals surface area contributed by atoms with Crippen LogP contribution in [-0.4, -0.2) is 20.0 Å². The predicted molar refractivity (Wildman–Crippen MR) is 80.5 cm³/mol. The first-order valence-electron chi connectivity index (χ1n) is 6.54. The standard InChI is InChI=1S/C17H18NO3/c1-18-10-8-13(9-11-18)4-7-16(19)15-6-5-14(20-2)12-17(15)21-3/h4-12H,1-3H3/q+1/b7-4+. The molecule has 21 heavy (non-hydrogen) atoms. The van der Waals surface area contributed by atoms with Crippen LogP contribution in [0.5, 0.6) is 11.5 Å². The fourth-order valence-corrected chi connectivity index (χ4v) is 1.89. The van der Waals surface area contributed by atoms with Crippen LogP contribution in [0.4, 0.5) is 0 Å². The van der Waals surface area contributed by atoms with Crippen LogP contribution in [0, 0.1) is 0 Å². The first-order chi connectivity index (χ1) is 10.1. The molecule has 2 aromatic rings. The summed E-state index contributed by atoms with van der Waals surface area (Å²) in [5.74, 6) is 1.05. The molecule has 108 valence electrons. The number of aromatic nitrogens is 1. The van der Waals surface area contributed by atoms with E-state index >= 15 is 0 Å². The van der Waals surface area contributed by atoms with Crippen molar-refractivity contribution >= 4 is 11.9 Å². The van der Waals surface area contributed by atoms with Gasteiger partial charge < -0.3 is 9.47 Å². The highest BCUT2D eigenvalue weighted by atomic mass is 16.5. The molecular formula is C17H18NO3+. The number of methoxy groups -OCH3 is 2. The number of ketones is 1. The van der Waals surface area contributed by atoms with Gasteiger partial charge in [0.25, 0.3) is 0 Å². The average Bonchev–Trinajstić information content (AvgIpc) is 2.53. The summed E-state index contributed by atoms with van der Waals surface area (Å²) < 4.78 is 12.3. The zero-order valence-electron chi connectivity index (χ0n) is 12.4. The lowest BCUT2D eigenvalue weighted by Gasteiger charge is -2.07. The van der Waals surface area contributed by atoms with Crippen molar-refractivity contribution in [3.05, 3.63) is 59.9 Å². The van der Waals surface area contributed by atoms with E-state index < -0.39 is 0 Å². The molecule has 0 N–H and O–H groups in total. The second-order valence-electron chi connectivity index (χ2n) is 4.56. The molecular weight excluding hydrogens is 266 g/mol. The molecule has 4 heteroatoms. The van der Waals surface area contributed by atoms with Gasteiger partial charge in [-0.05, 0) is 23.8 Å². The number of ether oxygens (including phenoxy) is 2.